The predicted molar refractivity (Wildman–Crippen MR) is 256 cm³/mol. The Morgan fingerprint density at radius 1 is 0.845 bits per heavy atom. The molecular weight excluding hydrogens is 1450 g/mol. The number of nitrogens with one attached hydrogen (secondary N) is 4. The van der Waals surface area contributed by atoms with Crippen LogP contribution in [-0.4, -0.2) is 141 Å². The Labute approximate surface area is 414 Å². The standard InChI is InChI=1S/C33H39I6N5O14/c1-12(33(31(54)55)27(38)25(43-13(2)47)24(37)26(28(33)39)44(4)14(3)48)58-32(56)57-6-5-40-18(51)7-17-21(34)19(29(52)41-8-15(49)10-45)23(36)20(22(17)35)30(53)42-9-16(50)11-46/h12,15-16,28,45-46,49-50H,5-11H2,1-4H3,(H,40,51)(H,41,52)(H,42,53)(H,43,47)(H,54,55). The number of ether oxygens (including phenoxy) is 2. The first-order chi connectivity index (χ1) is 27.0. The summed E-state index contributed by atoms with van der Waals surface area (Å²) < 4.78 is 11.0. The van der Waals surface area contributed by atoms with Crippen LogP contribution in [0, 0.1) is 16.1 Å². The first kappa shape index (κ1) is 53.1. The summed E-state index contributed by atoms with van der Waals surface area (Å²) in [6.07, 6.45) is -5.58. The van der Waals surface area contributed by atoms with Crippen LogP contribution in [0.5, 0.6) is 0 Å². The first-order valence-corrected chi connectivity index (χ1v) is 23.3. The van der Waals surface area contributed by atoms with Crippen LogP contribution in [0.1, 0.15) is 47.1 Å². The number of carboxylic acid groups (broad SMARTS) is 1. The fourth-order valence-electron chi connectivity index (χ4n) is 5.22. The van der Waals surface area contributed by atoms with Crippen molar-refractivity contribution in [3.63, 3.8) is 0 Å². The molecule has 25 heteroatoms. The Morgan fingerprint density at radius 3 is 1.78 bits per heavy atom. The largest absolute Gasteiger partial charge is 0.508 e. The number of hydrogen-bond donors (Lipinski definition) is 9. The van der Waals surface area contributed by atoms with E-state index < -0.39 is 89.1 Å². The number of hydrogen-bond acceptors (Lipinski definition) is 13. The number of aliphatic hydroxyl groups is 4. The van der Waals surface area contributed by atoms with Gasteiger partial charge in [-0.2, -0.15) is 0 Å². The van der Waals surface area contributed by atoms with Gasteiger partial charge in [-0.05, 0) is 125 Å². The van der Waals surface area contributed by atoms with Gasteiger partial charge >= 0.3 is 12.1 Å². The van der Waals surface area contributed by atoms with Gasteiger partial charge in [0.2, 0.25) is 17.7 Å². The molecule has 0 spiro atoms. The molecule has 0 saturated heterocycles. The third-order valence-corrected chi connectivity index (χ3v) is 15.9. The second-order valence-corrected chi connectivity index (χ2v) is 19.0. The van der Waals surface area contributed by atoms with Crippen molar-refractivity contribution in [1.29, 1.82) is 0 Å². The lowest BCUT2D eigenvalue weighted by Gasteiger charge is -2.44. The van der Waals surface area contributed by atoms with Crippen LogP contribution in [0.2, 0.25) is 0 Å². The normalized spacial score (nSPS) is 18.1. The minimum absolute atomic E-state index is 0.00687. The van der Waals surface area contributed by atoms with Gasteiger partial charge in [0.1, 0.15) is 12.7 Å². The van der Waals surface area contributed by atoms with Crippen LogP contribution in [0.3, 0.4) is 0 Å². The number of amides is 5. The zero-order valence-electron chi connectivity index (χ0n) is 30.9. The molecule has 0 fully saturated rings. The second kappa shape index (κ2) is 24.0. The van der Waals surface area contributed by atoms with Crippen molar-refractivity contribution < 1.29 is 68.6 Å². The van der Waals surface area contributed by atoms with Crippen LogP contribution in [0.25, 0.3) is 0 Å². The number of rotatable bonds is 18. The quantitative estimate of drug-likeness (QED) is 0.0438. The summed E-state index contributed by atoms with van der Waals surface area (Å²) in [5.74, 6) is -4.34. The number of carboxylic acids is 1. The number of aliphatic hydroxyl groups excluding tert-OH is 4. The van der Waals surface area contributed by atoms with Crippen molar-refractivity contribution in [1.82, 2.24) is 26.2 Å². The molecule has 0 bridgehead atoms. The summed E-state index contributed by atoms with van der Waals surface area (Å²) in [4.78, 5) is 91.7. The molecule has 0 radical (unpaired) electrons. The third-order valence-electron chi connectivity index (χ3n) is 8.33. The van der Waals surface area contributed by atoms with Crippen molar-refractivity contribution in [3.8, 4) is 0 Å². The minimum atomic E-state index is -2.00. The molecule has 0 saturated carbocycles. The van der Waals surface area contributed by atoms with Gasteiger partial charge in [0.25, 0.3) is 11.8 Å². The second-order valence-electron chi connectivity index (χ2n) is 12.3. The Balaban J connectivity index is 2.30. The summed E-state index contributed by atoms with van der Waals surface area (Å²) in [5.41, 5.74) is -1.30. The molecule has 5 unspecified atom stereocenters. The number of carbonyl (C=O) groups excluding carboxylic acids is 6. The van der Waals surface area contributed by atoms with Crippen molar-refractivity contribution in [2.75, 3.05) is 46.5 Å². The van der Waals surface area contributed by atoms with E-state index in [4.69, 9.17) is 19.7 Å². The first-order valence-electron chi connectivity index (χ1n) is 16.6. The highest BCUT2D eigenvalue weighted by molar-refractivity contribution is 14.1. The monoisotopic (exact) mass is 1490 g/mol. The van der Waals surface area contributed by atoms with Gasteiger partial charge in [0.05, 0.1) is 68.4 Å². The molecule has 2 rings (SSSR count). The molecule has 1 aromatic rings. The summed E-state index contributed by atoms with van der Waals surface area (Å²) in [6.45, 7) is 1.34. The summed E-state index contributed by atoms with van der Waals surface area (Å²) in [6, 6.07) is 0. The van der Waals surface area contributed by atoms with E-state index in [1.807, 2.05) is 90.4 Å². The predicted octanol–water partition coefficient (Wildman–Crippen LogP) is 1.66. The van der Waals surface area contributed by atoms with Crippen molar-refractivity contribution in [3.05, 3.63) is 46.0 Å². The van der Waals surface area contributed by atoms with Gasteiger partial charge in [-0.25, -0.2) is 4.79 Å². The fourth-order valence-corrected chi connectivity index (χ4v) is 15.7. The van der Waals surface area contributed by atoms with E-state index in [0.29, 0.717) is 10.7 Å². The van der Waals surface area contributed by atoms with E-state index in [0.717, 1.165) is 0 Å². The molecular formula is C33H39I6N5O14. The Hall–Kier alpha value is -0.990. The van der Waals surface area contributed by atoms with E-state index in [2.05, 4.69) is 21.3 Å². The number of alkyl halides is 1. The van der Waals surface area contributed by atoms with Crippen LogP contribution >= 0.6 is 136 Å². The van der Waals surface area contributed by atoms with Gasteiger partial charge in [-0.15, -0.1) is 0 Å². The molecule has 1 aliphatic rings. The molecule has 0 aliphatic heterocycles. The van der Waals surface area contributed by atoms with E-state index in [1.54, 1.807) is 45.2 Å². The molecule has 58 heavy (non-hydrogen) atoms. The van der Waals surface area contributed by atoms with E-state index >= 15 is 0 Å². The van der Waals surface area contributed by atoms with Gasteiger partial charge in [-0.1, -0.05) is 22.6 Å². The van der Waals surface area contributed by atoms with E-state index in [1.165, 1.54) is 32.7 Å². The van der Waals surface area contributed by atoms with Crippen LogP contribution in [0.4, 0.5) is 4.79 Å². The lowest BCUT2D eigenvalue weighted by molar-refractivity contribution is -0.152. The third kappa shape index (κ3) is 12.8. The average Bonchev–Trinajstić information content (AvgIpc) is 3.14. The number of aliphatic carboxylic acids is 1. The maximum atomic E-state index is 13.3. The highest BCUT2D eigenvalue weighted by atomic mass is 127. The Morgan fingerprint density at radius 2 is 1.34 bits per heavy atom. The summed E-state index contributed by atoms with van der Waals surface area (Å²) in [5, 5.41) is 58.7. The van der Waals surface area contributed by atoms with E-state index in [9.17, 15) is 48.9 Å². The van der Waals surface area contributed by atoms with Crippen molar-refractivity contribution in [2.45, 2.75) is 49.4 Å². The topological polar surface area (TPSA) is 290 Å². The Bertz CT molecular complexity index is 1830. The minimum Gasteiger partial charge on any atom is -0.480 e. The number of halogens is 6. The number of nitrogens with zero attached hydrogens (tertiary/aromatic N) is 1. The highest BCUT2D eigenvalue weighted by Crippen LogP contribution is 2.54. The molecule has 1 aromatic carbocycles. The van der Waals surface area contributed by atoms with Crippen molar-refractivity contribution in [2.24, 2.45) is 5.41 Å². The van der Waals surface area contributed by atoms with Crippen molar-refractivity contribution >= 4 is 177 Å². The zero-order chi connectivity index (χ0) is 44.4. The van der Waals surface area contributed by atoms with Gasteiger partial charge in [0.15, 0.2) is 5.41 Å². The molecule has 5 atom stereocenters. The molecule has 0 aromatic heterocycles. The van der Waals surface area contributed by atoms with Gasteiger partial charge in [-0.3, -0.25) is 28.8 Å². The maximum Gasteiger partial charge on any atom is 0.508 e. The number of carbonyl (C=O) groups is 7. The maximum absolute atomic E-state index is 13.3. The fraction of sp³-hybridized carbons (Fsp3) is 0.485. The number of allylic oxidation sites excluding steroid dienone is 2. The van der Waals surface area contributed by atoms with E-state index in [-0.39, 0.29) is 61.3 Å². The van der Waals surface area contributed by atoms with Crippen LogP contribution in [0.15, 0.2) is 18.6 Å². The van der Waals surface area contributed by atoms with Gasteiger partial charge in [0, 0.05) is 48.3 Å². The molecule has 5 amide bonds. The SMILES string of the molecule is CC(=O)NC1=C(I)C(C(=O)O)(C(C)OC(=O)OCCNC(=O)Cc2c(I)c(C(=O)NCC(O)CO)c(I)c(C(=O)NCC(O)CO)c2I)C(I)C(N(C)C(C)=O)=C1I. The Kier molecular flexibility index (Phi) is 22.0. The molecule has 0 heterocycles. The van der Waals surface area contributed by atoms with Crippen LogP contribution < -0.4 is 21.3 Å². The van der Waals surface area contributed by atoms with Crippen LogP contribution in [-0.2, 0) is 35.1 Å². The smallest absolute Gasteiger partial charge is 0.480 e. The van der Waals surface area contributed by atoms with Gasteiger partial charge < -0.3 is 61.2 Å². The molecule has 1 aliphatic carbocycles. The summed E-state index contributed by atoms with van der Waals surface area (Å²) >= 11 is 11.1. The number of benzene rings is 1. The highest BCUT2D eigenvalue weighted by Gasteiger charge is 2.59. The molecule has 322 valence electrons. The molecule has 19 nitrogen and oxygen atoms in total. The molecule has 9 N–H and O–H groups in total. The average molecular weight is 1490 g/mol. The lowest BCUT2D eigenvalue weighted by atomic mass is 9.74. The zero-order valence-corrected chi connectivity index (χ0v) is 43.8. The lowest BCUT2D eigenvalue weighted by Crippen LogP contribution is -2.55. The summed E-state index contributed by atoms with van der Waals surface area (Å²) in [7, 11) is 1.46.